The third kappa shape index (κ3) is 3.42. The molecule has 0 fully saturated rings. The maximum absolute atomic E-state index is 10.2. The maximum atomic E-state index is 10.2. The summed E-state index contributed by atoms with van der Waals surface area (Å²) in [5, 5.41) is 8.40. The molecule has 12 heavy (non-hydrogen) atoms. The smallest absolute Gasteiger partial charge is 0.354 e. The fraction of sp³-hybridized carbons (Fsp3) is 0. The van der Waals surface area contributed by atoms with Gasteiger partial charge in [0.25, 0.3) is 0 Å². The van der Waals surface area contributed by atoms with Gasteiger partial charge in [-0.3, -0.25) is 11.7 Å². The molecule has 0 unspecified atom stereocenters. The number of hydrazine groups is 1. The third-order valence-electron chi connectivity index (χ3n) is 0.947. The average molecular weight is 234 g/mol. The second kappa shape index (κ2) is 5.64. The van der Waals surface area contributed by atoms with Gasteiger partial charge in [-0.1, -0.05) is 0 Å². The SMILES string of the molecule is NN.O=C(O)c1ccc(Br)cn1. The van der Waals surface area contributed by atoms with Crippen LogP contribution < -0.4 is 11.7 Å². The molecule has 1 aromatic rings. The summed E-state index contributed by atoms with van der Waals surface area (Å²) in [6, 6.07) is 3.07. The Morgan fingerprint density at radius 3 is 2.42 bits per heavy atom. The van der Waals surface area contributed by atoms with Gasteiger partial charge in [0.2, 0.25) is 0 Å². The first-order chi connectivity index (χ1) is 5.70. The number of hydrogen-bond acceptors (Lipinski definition) is 4. The van der Waals surface area contributed by atoms with Gasteiger partial charge < -0.3 is 5.11 Å². The largest absolute Gasteiger partial charge is 0.477 e. The van der Waals surface area contributed by atoms with Crippen LogP contribution in [0, 0.1) is 0 Å². The topological polar surface area (TPSA) is 102 Å². The number of pyridine rings is 1. The maximum Gasteiger partial charge on any atom is 0.354 e. The molecule has 1 rings (SSSR count). The molecule has 0 amide bonds. The highest BCUT2D eigenvalue weighted by molar-refractivity contribution is 9.10. The molecule has 1 heterocycles. The van der Waals surface area contributed by atoms with E-state index in [1.165, 1.54) is 12.3 Å². The molecule has 6 heteroatoms. The zero-order valence-corrected chi connectivity index (χ0v) is 7.65. The number of rotatable bonds is 1. The van der Waals surface area contributed by atoms with Gasteiger partial charge in [-0.25, -0.2) is 9.78 Å². The van der Waals surface area contributed by atoms with Gasteiger partial charge in [0, 0.05) is 10.7 Å². The number of aromatic nitrogens is 1. The van der Waals surface area contributed by atoms with Crippen LogP contribution in [0.1, 0.15) is 10.5 Å². The van der Waals surface area contributed by atoms with Crippen LogP contribution in [-0.4, -0.2) is 16.1 Å². The molecular formula is C6H8BrN3O2. The van der Waals surface area contributed by atoms with Gasteiger partial charge in [0.1, 0.15) is 5.69 Å². The van der Waals surface area contributed by atoms with Crippen molar-refractivity contribution >= 4 is 21.9 Å². The van der Waals surface area contributed by atoms with E-state index >= 15 is 0 Å². The van der Waals surface area contributed by atoms with Crippen molar-refractivity contribution in [2.45, 2.75) is 0 Å². The van der Waals surface area contributed by atoms with Gasteiger partial charge in [0.15, 0.2) is 0 Å². The lowest BCUT2D eigenvalue weighted by atomic mass is 10.4. The summed E-state index contributed by atoms with van der Waals surface area (Å²) in [5.74, 6) is 6.99. The van der Waals surface area contributed by atoms with Crippen LogP contribution in [0.5, 0.6) is 0 Å². The molecule has 66 valence electrons. The van der Waals surface area contributed by atoms with E-state index in [4.69, 9.17) is 5.11 Å². The summed E-state index contributed by atoms with van der Waals surface area (Å²) in [6.45, 7) is 0. The second-order valence-electron chi connectivity index (χ2n) is 1.67. The van der Waals surface area contributed by atoms with E-state index in [9.17, 15) is 4.79 Å². The monoisotopic (exact) mass is 233 g/mol. The summed E-state index contributed by atoms with van der Waals surface area (Å²) in [4.78, 5) is 13.9. The molecule has 0 bridgehead atoms. The molecule has 0 aliphatic carbocycles. The Hall–Kier alpha value is -0.980. The van der Waals surface area contributed by atoms with Crippen LogP contribution in [-0.2, 0) is 0 Å². The molecule has 0 radical (unpaired) electrons. The van der Waals surface area contributed by atoms with Crippen molar-refractivity contribution in [2.75, 3.05) is 0 Å². The molecule has 0 saturated heterocycles. The van der Waals surface area contributed by atoms with E-state index in [0.717, 1.165) is 4.47 Å². The van der Waals surface area contributed by atoms with Gasteiger partial charge in [-0.05, 0) is 28.1 Å². The van der Waals surface area contributed by atoms with Crippen molar-refractivity contribution in [1.82, 2.24) is 4.98 Å². The van der Waals surface area contributed by atoms with Crippen LogP contribution >= 0.6 is 15.9 Å². The first-order valence-electron chi connectivity index (χ1n) is 2.88. The summed E-state index contributed by atoms with van der Waals surface area (Å²) in [5.41, 5.74) is 0.0585. The lowest BCUT2D eigenvalue weighted by Gasteiger charge is -1.90. The minimum absolute atomic E-state index is 0.0585. The van der Waals surface area contributed by atoms with Crippen LogP contribution in [0.15, 0.2) is 22.8 Å². The summed E-state index contributed by atoms with van der Waals surface area (Å²) in [7, 11) is 0. The molecule has 0 saturated carbocycles. The lowest BCUT2D eigenvalue weighted by Crippen LogP contribution is -2.02. The zero-order chi connectivity index (χ0) is 9.56. The minimum atomic E-state index is -1.01. The Labute approximate surface area is 77.5 Å². The molecule has 0 aromatic carbocycles. The number of nitrogens with two attached hydrogens (primary N) is 2. The van der Waals surface area contributed by atoms with Crippen molar-refractivity contribution in [1.29, 1.82) is 0 Å². The Kier molecular flexibility index (Phi) is 5.18. The van der Waals surface area contributed by atoms with Crippen LogP contribution in [0.4, 0.5) is 0 Å². The first kappa shape index (κ1) is 11.0. The Morgan fingerprint density at radius 1 is 1.50 bits per heavy atom. The molecular weight excluding hydrogens is 226 g/mol. The standard InChI is InChI=1S/C6H4BrNO2.H4N2/c7-4-1-2-5(6(9)10)8-3-4;1-2/h1-3H,(H,9,10);1-2H2. The number of halogens is 1. The molecule has 0 atom stereocenters. The summed E-state index contributed by atoms with van der Waals surface area (Å²) in [6.07, 6.45) is 1.45. The number of hydrogen-bond donors (Lipinski definition) is 3. The summed E-state index contributed by atoms with van der Waals surface area (Å²) < 4.78 is 0.775. The van der Waals surface area contributed by atoms with Crippen LogP contribution in [0.2, 0.25) is 0 Å². The second-order valence-corrected chi connectivity index (χ2v) is 2.58. The molecule has 0 spiro atoms. The highest BCUT2D eigenvalue weighted by Crippen LogP contribution is 2.06. The Bertz CT molecular complexity index is 249. The molecule has 0 aliphatic heterocycles. The van der Waals surface area contributed by atoms with Crippen molar-refractivity contribution in [3.8, 4) is 0 Å². The van der Waals surface area contributed by atoms with E-state index in [1.807, 2.05) is 0 Å². The quantitative estimate of drug-likeness (QED) is 0.481. The van der Waals surface area contributed by atoms with Gasteiger partial charge in [-0.15, -0.1) is 0 Å². The first-order valence-corrected chi connectivity index (χ1v) is 3.67. The predicted molar refractivity (Wildman–Crippen MR) is 47.3 cm³/mol. The van der Waals surface area contributed by atoms with Crippen molar-refractivity contribution in [3.63, 3.8) is 0 Å². The molecule has 5 nitrogen and oxygen atoms in total. The predicted octanol–water partition coefficient (Wildman–Crippen LogP) is 0.361. The van der Waals surface area contributed by atoms with Crippen LogP contribution in [0.3, 0.4) is 0 Å². The van der Waals surface area contributed by atoms with Gasteiger partial charge in [-0.2, -0.15) is 0 Å². The van der Waals surface area contributed by atoms with Crippen molar-refractivity contribution < 1.29 is 9.90 Å². The average Bonchev–Trinajstić information content (AvgIpc) is 2.09. The Balaban J connectivity index is 0.000000561. The van der Waals surface area contributed by atoms with E-state index in [0.29, 0.717) is 0 Å². The van der Waals surface area contributed by atoms with E-state index in [1.54, 1.807) is 6.07 Å². The fourth-order valence-corrected chi connectivity index (χ4v) is 0.737. The Morgan fingerprint density at radius 2 is 2.08 bits per heavy atom. The van der Waals surface area contributed by atoms with Gasteiger partial charge in [0.05, 0.1) is 0 Å². The number of carbonyl (C=O) groups is 1. The van der Waals surface area contributed by atoms with E-state index in [2.05, 4.69) is 32.6 Å². The highest BCUT2D eigenvalue weighted by atomic mass is 79.9. The number of carboxylic acids is 1. The summed E-state index contributed by atoms with van der Waals surface area (Å²) >= 11 is 3.14. The minimum Gasteiger partial charge on any atom is -0.477 e. The molecule has 1 aromatic heterocycles. The fourth-order valence-electron chi connectivity index (χ4n) is 0.502. The zero-order valence-electron chi connectivity index (χ0n) is 6.07. The molecule has 5 N–H and O–H groups in total. The molecule has 0 aliphatic rings. The van der Waals surface area contributed by atoms with Crippen molar-refractivity contribution in [3.05, 3.63) is 28.5 Å². The number of aromatic carboxylic acids is 1. The normalized spacial score (nSPS) is 8.25. The number of carboxylic acid groups (broad SMARTS) is 1. The van der Waals surface area contributed by atoms with E-state index in [-0.39, 0.29) is 5.69 Å². The lowest BCUT2D eigenvalue weighted by molar-refractivity contribution is 0.0690. The van der Waals surface area contributed by atoms with Gasteiger partial charge >= 0.3 is 5.97 Å². The van der Waals surface area contributed by atoms with Crippen molar-refractivity contribution in [2.24, 2.45) is 11.7 Å². The third-order valence-corrected chi connectivity index (χ3v) is 1.42. The van der Waals surface area contributed by atoms with E-state index < -0.39 is 5.97 Å². The van der Waals surface area contributed by atoms with Crippen LogP contribution in [0.25, 0.3) is 0 Å². The highest BCUT2D eigenvalue weighted by Gasteiger charge is 2.01. The number of nitrogens with zero attached hydrogens (tertiary/aromatic N) is 1.